The third-order valence-electron chi connectivity index (χ3n) is 0.940. The molecule has 0 aliphatic heterocycles. The predicted octanol–water partition coefficient (Wildman–Crippen LogP) is 1.87. The molecule has 0 aromatic heterocycles. The Morgan fingerprint density at radius 3 is 1.78 bits per heavy atom. The van der Waals surface area contributed by atoms with Crippen LogP contribution >= 0.6 is 0 Å². The van der Waals surface area contributed by atoms with E-state index < -0.39 is 0 Å². The van der Waals surface area contributed by atoms with E-state index in [2.05, 4.69) is 35.0 Å². The van der Waals surface area contributed by atoms with Crippen LogP contribution in [0.1, 0.15) is 5.56 Å². The standard InChI is InChI=1S/C7H8.Cu.O/c1-7-5-3-2-4-6-7;;/h2-6H,1H3;;. The minimum atomic E-state index is 1.32. The molecule has 0 spiro atoms. The molecule has 0 aliphatic carbocycles. The van der Waals surface area contributed by atoms with Crippen LogP contribution in [0, 0.1) is 6.92 Å². The Morgan fingerprint density at radius 1 is 1.11 bits per heavy atom. The second-order valence-corrected chi connectivity index (χ2v) is 1.65. The van der Waals surface area contributed by atoms with E-state index in [9.17, 15) is 0 Å². The summed E-state index contributed by atoms with van der Waals surface area (Å²) in [6.07, 6.45) is 0. The molecule has 2 heteroatoms. The van der Waals surface area contributed by atoms with Crippen molar-refractivity contribution < 1.29 is 19.8 Å². The molecule has 1 aromatic rings. The van der Waals surface area contributed by atoms with Crippen molar-refractivity contribution >= 4 is 0 Å². The Kier molecular flexibility index (Phi) is 5.38. The molecule has 0 radical (unpaired) electrons. The maximum atomic E-state index is 7.81. The Labute approximate surface area is 63.1 Å². The monoisotopic (exact) mass is 171 g/mol. The van der Waals surface area contributed by atoms with Crippen LogP contribution in [0.4, 0.5) is 0 Å². The summed E-state index contributed by atoms with van der Waals surface area (Å²) in [4.78, 5) is 0. The first-order chi connectivity index (χ1) is 4.39. The quantitative estimate of drug-likeness (QED) is 0.545. The molecule has 1 aromatic carbocycles. The van der Waals surface area contributed by atoms with Crippen LogP contribution in [0.15, 0.2) is 30.3 Å². The van der Waals surface area contributed by atoms with Gasteiger partial charge in [0.1, 0.15) is 0 Å². The molecule has 1 rings (SSSR count). The van der Waals surface area contributed by atoms with Gasteiger partial charge in [0.05, 0.1) is 0 Å². The Bertz CT molecular complexity index is 150. The summed E-state index contributed by atoms with van der Waals surface area (Å²) in [6.45, 7) is 2.08. The molecule has 0 amide bonds. The fourth-order valence-electron chi connectivity index (χ4n) is 0.534. The number of hydrogen-bond donors (Lipinski definition) is 0. The molecule has 0 atom stereocenters. The van der Waals surface area contributed by atoms with Crippen molar-refractivity contribution in [2.45, 2.75) is 6.92 Å². The maximum absolute atomic E-state index is 7.81. The van der Waals surface area contributed by atoms with Crippen LogP contribution in [0.5, 0.6) is 0 Å². The second-order valence-electron chi connectivity index (χ2n) is 1.65. The van der Waals surface area contributed by atoms with Crippen molar-refractivity contribution in [2.24, 2.45) is 0 Å². The second kappa shape index (κ2) is 5.67. The van der Waals surface area contributed by atoms with E-state index in [1.54, 1.807) is 0 Å². The molecule has 53 valence electrons. The van der Waals surface area contributed by atoms with Gasteiger partial charge < -0.3 is 0 Å². The molecule has 0 saturated carbocycles. The predicted molar refractivity (Wildman–Crippen MR) is 31.9 cm³/mol. The van der Waals surface area contributed by atoms with E-state index in [0.717, 1.165) is 0 Å². The zero-order valence-electron chi connectivity index (χ0n) is 5.10. The molecular formula is C7H8CuO. The first kappa shape index (κ1) is 8.54. The minimum absolute atomic E-state index is 1.32. The summed E-state index contributed by atoms with van der Waals surface area (Å²) < 4.78 is 7.81. The summed E-state index contributed by atoms with van der Waals surface area (Å²) in [5.41, 5.74) is 1.32. The number of rotatable bonds is 0. The molecule has 0 saturated heterocycles. The van der Waals surface area contributed by atoms with Gasteiger partial charge >= 0.3 is 19.8 Å². The van der Waals surface area contributed by atoms with E-state index in [1.165, 1.54) is 5.56 Å². The summed E-state index contributed by atoms with van der Waals surface area (Å²) in [5, 5.41) is 0. The molecule has 0 unspecified atom stereocenters. The van der Waals surface area contributed by atoms with Crippen LogP contribution in [-0.4, -0.2) is 0 Å². The van der Waals surface area contributed by atoms with Crippen molar-refractivity contribution in [3.8, 4) is 0 Å². The average molecular weight is 172 g/mol. The van der Waals surface area contributed by atoms with E-state index in [0.29, 0.717) is 0 Å². The van der Waals surface area contributed by atoms with Gasteiger partial charge in [-0.1, -0.05) is 35.9 Å². The van der Waals surface area contributed by atoms with Crippen molar-refractivity contribution in [1.82, 2.24) is 0 Å². The Balaban J connectivity index is 0.000000291. The zero-order valence-corrected chi connectivity index (χ0v) is 6.04. The third kappa shape index (κ3) is 4.07. The first-order valence-corrected chi connectivity index (χ1v) is 2.92. The van der Waals surface area contributed by atoms with Gasteiger partial charge in [0, 0.05) is 0 Å². The van der Waals surface area contributed by atoms with Crippen LogP contribution in [0.2, 0.25) is 0 Å². The van der Waals surface area contributed by atoms with Gasteiger partial charge in [-0.3, -0.25) is 0 Å². The van der Waals surface area contributed by atoms with Crippen LogP contribution in [-0.2, 0) is 19.8 Å². The fourth-order valence-corrected chi connectivity index (χ4v) is 0.534. The van der Waals surface area contributed by atoms with Crippen molar-refractivity contribution in [2.75, 3.05) is 0 Å². The van der Waals surface area contributed by atoms with E-state index in [-0.39, 0.29) is 0 Å². The topological polar surface area (TPSA) is 17.1 Å². The molecule has 9 heavy (non-hydrogen) atoms. The van der Waals surface area contributed by atoms with E-state index >= 15 is 0 Å². The summed E-state index contributed by atoms with van der Waals surface area (Å²) >= 11 is 2.94. The number of benzene rings is 1. The van der Waals surface area contributed by atoms with Gasteiger partial charge in [-0.15, -0.1) is 0 Å². The molecule has 0 aliphatic rings. The van der Waals surface area contributed by atoms with Gasteiger partial charge in [0.2, 0.25) is 0 Å². The van der Waals surface area contributed by atoms with Crippen molar-refractivity contribution in [3.63, 3.8) is 0 Å². The zero-order chi connectivity index (χ0) is 7.11. The third-order valence-corrected chi connectivity index (χ3v) is 0.940. The molecule has 0 fully saturated rings. The summed E-state index contributed by atoms with van der Waals surface area (Å²) in [6, 6.07) is 10.3. The SMILES string of the molecule is Cc1ccccc1.[O]=[Cu]. The fraction of sp³-hybridized carbons (Fsp3) is 0.143. The van der Waals surface area contributed by atoms with Gasteiger partial charge in [0.25, 0.3) is 0 Å². The van der Waals surface area contributed by atoms with Crippen LogP contribution in [0.3, 0.4) is 0 Å². The van der Waals surface area contributed by atoms with Gasteiger partial charge in [-0.25, -0.2) is 0 Å². The Morgan fingerprint density at radius 2 is 1.56 bits per heavy atom. The summed E-state index contributed by atoms with van der Waals surface area (Å²) in [5.74, 6) is 0. The van der Waals surface area contributed by atoms with E-state index in [4.69, 9.17) is 3.83 Å². The molecule has 1 nitrogen and oxygen atoms in total. The molecule has 0 N–H and O–H groups in total. The van der Waals surface area contributed by atoms with Crippen molar-refractivity contribution in [3.05, 3.63) is 35.9 Å². The van der Waals surface area contributed by atoms with Crippen LogP contribution < -0.4 is 0 Å². The van der Waals surface area contributed by atoms with Gasteiger partial charge in [-0.05, 0) is 6.92 Å². The normalized spacial score (nSPS) is 7.44. The van der Waals surface area contributed by atoms with E-state index in [1.807, 2.05) is 18.2 Å². The molecule has 0 heterocycles. The van der Waals surface area contributed by atoms with Gasteiger partial charge in [-0.2, -0.15) is 0 Å². The molecule has 0 bridgehead atoms. The number of hydrogen-bond acceptors (Lipinski definition) is 1. The van der Waals surface area contributed by atoms with Crippen molar-refractivity contribution in [1.29, 1.82) is 0 Å². The first-order valence-electron chi connectivity index (χ1n) is 2.53. The Hall–Kier alpha value is -0.461. The summed E-state index contributed by atoms with van der Waals surface area (Å²) in [7, 11) is 0. The number of aryl methyl sites for hydroxylation is 1. The van der Waals surface area contributed by atoms with Crippen LogP contribution in [0.25, 0.3) is 0 Å². The molecular weight excluding hydrogens is 164 g/mol. The average Bonchev–Trinajstić information content (AvgIpc) is 1.94. The van der Waals surface area contributed by atoms with Gasteiger partial charge in [0.15, 0.2) is 0 Å².